The van der Waals surface area contributed by atoms with Crippen molar-refractivity contribution in [2.45, 2.75) is 96.9 Å². The highest BCUT2D eigenvalue weighted by atomic mass is 16.3. The molecule has 0 saturated carbocycles. The van der Waals surface area contributed by atoms with Gasteiger partial charge in [-0.3, -0.25) is 9.59 Å². The Labute approximate surface area is 182 Å². The second-order valence-corrected chi connectivity index (χ2v) is 8.44. The van der Waals surface area contributed by atoms with Crippen molar-refractivity contribution in [3.63, 3.8) is 0 Å². The van der Waals surface area contributed by atoms with Crippen LogP contribution in [0.3, 0.4) is 0 Å². The first-order chi connectivity index (χ1) is 14.6. The molecule has 4 heteroatoms. The molecule has 0 aromatic heterocycles. The van der Waals surface area contributed by atoms with Crippen molar-refractivity contribution in [1.82, 2.24) is 5.32 Å². The molecular formula is C26H39NO3. The molecule has 0 heterocycles. The van der Waals surface area contributed by atoms with Crippen LogP contribution in [0.25, 0.3) is 0 Å². The van der Waals surface area contributed by atoms with Crippen LogP contribution in [0.2, 0.25) is 0 Å². The number of Topliss-reactive ketones (excluding diaryl/α,β-unsaturated/α-hetero) is 2. The number of aliphatic hydroxyl groups excluding tert-OH is 1. The zero-order chi connectivity index (χ0) is 21.8. The van der Waals surface area contributed by atoms with E-state index in [0.29, 0.717) is 11.1 Å². The van der Waals surface area contributed by atoms with Gasteiger partial charge in [-0.25, -0.2) is 0 Å². The summed E-state index contributed by atoms with van der Waals surface area (Å²) in [5, 5.41) is 14.0. The predicted molar refractivity (Wildman–Crippen MR) is 123 cm³/mol. The van der Waals surface area contributed by atoms with Crippen molar-refractivity contribution < 1.29 is 14.7 Å². The molecule has 1 aliphatic rings. The summed E-state index contributed by atoms with van der Waals surface area (Å²) in [7, 11) is 0. The second kappa shape index (κ2) is 13.4. The first kappa shape index (κ1) is 24.3. The third-order valence-corrected chi connectivity index (χ3v) is 6.00. The molecule has 30 heavy (non-hydrogen) atoms. The van der Waals surface area contributed by atoms with Crippen LogP contribution in [0.5, 0.6) is 0 Å². The largest absolute Gasteiger partial charge is 0.504 e. The molecule has 166 valence electrons. The monoisotopic (exact) mass is 413 g/mol. The smallest absolute Gasteiger partial charge is 0.228 e. The zero-order valence-corrected chi connectivity index (χ0v) is 18.8. The number of fused-ring (bicyclic) bond motifs is 1. The first-order valence-corrected chi connectivity index (χ1v) is 12.0. The normalized spacial score (nSPS) is 14.9. The van der Waals surface area contributed by atoms with Gasteiger partial charge in [0.05, 0.1) is 5.57 Å². The molecule has 2 N–H and O–H groups in total. The van der Waals surface area contributed by atoms with Crippen LogP contribution in [0.4, 0.5) is 0 Å². The summed E-state index contributed by atoms with van der Waals surface area (Å²) < 4.78 is 0. The van der Waals surface area contributed by atoms with E-state index in [0.717, 1.165) is 38.6 Å². The summed E-state index contributed by atoms with van der Waals surface area (Å²) in [6, 6.07) is 6.52. The molecule has 2 rings (SSSR count). The minimum atomic E-state index is -0.436. The molecule has 0 saturated heterocycles. The molecule has 0 bridgehead atoms. The van der Waals surface area contributed by atoms with Crippen molar-refractivity contribution in [2.75, 3.05) is 6.54 Å². The number of ketones is 2. The molecule has 1 aromatic carbocycles. The Bertz CT molecular complexity index is 723. The lowest BCUT2D eigenvalue weighted by molar-refractivity contribution is 0.0921. The van der Waals surface area contributed by atoms with E-state index in [-0.39, 0.29) is 23.2 Å². The van der Waals surface area contributed by atoms with Gasteiger partial charge in [-0.15, -0.1) is 0 Å². The first-order valence-electron chi connectivity index (χ1n) is 12.0. The van der Waals surface area contributed by atoms with Gasteiger partial charge in [0.25, 0.3) is 0 Å². The van der Waals surface area contributed by atoms with E-state index in [4.69, 9.17) is 0 Å². The second-order valence-electron chi connectivity index (χ2n) is 8.44. The van der Waals surface area contributed by atoms with E-state index < -0.39 is 5.78 Å². The van der Waals surface area contributed by atoms with Gasteiger partial charge in [0.15, 0.2) is 11.5 Å². The Morgan fingerprint density at radius 2 is 1.30 bits per heavy atom. The van der Waals surface area contributed by atoms with Crippen molar-refractivity contribution >= 4 is 11.6 Å². The number of allylic oxidation sites excluding steroid dienone is 1. The highest BCUT2D eigenvalue weighted by molar-refractivity contribution is 6.26. The summed E-state index contributed by atoms with van der Waals surface area (Å²) in [4.78, 5) is 25.7. The van der Waals surface area contributed by atoms with Crippen LogP contribution in [0.15, 0.2) is 35.6 Å². The number of carbonyl (C=O) groups excluding carboxylic acids is 2. The highest BCUT2D eigenvalue weighted by Gasteiger charge is 2.35. The molecule has 1 aromatic rings. The summed E-state index contributed by atoms with van der Waals surface area (Å²) in [5.74, 6) is -1.02. The minimum absolute atomic E-state index is 0.215. The lowest BCUT2D eigenvalue weighted by Gasteiger charge is -2.25. The van der Waals surface area contributed by atoms with Crippen LogP contribution in [0.1, 0.15) is 112 Å². The van der Waals surface area contributed by atoms with Crippen LogP contribution >= 0.6 is 0 Å². The molecule has 0 aliphatic heterocycles. The van der Waals surface area contributed by atoms with Gasteiger partial charge < -0.3 is 10.4 Å². The Hall–Kier alpha value is -1.94. The van der Waals surface area contributed by atoms with Crippen molar-refractivity contribution in [1.29, 1.82) is 0 Å². The van der Waals surface area contributed by atoms with Crippen LogP contribution in [-0.2, 0) is 0 Å². The summed E-state index contributed by atoms with van der Waals surface area (Å²) in [6.07, 6.45) is 14.0. The highest BCUT2D eigenvalue weighted by Crippen LogP contribution is 2.28. The summed E-state index contributed by atoms with van der Waals surface area (Å²) in [6.45, 7) is 5.14. The van der Waals surface area contributed by atoms with E-state index in [1.54, 1.807) is 24.3 Å². The topological polar surface area (TPSA) is 66.4 Å². The van der Waals surface area contributed by atoms with E-state index in [1.807, 2.05) is 0 Å². The van der Waals surface area contributed by atoms with Crippen molar-refractivity contribution in [3.05, 3.63) is 46.7 Å². The number of aliphatic hydroxyl groups is 1. The average Bonchev–Trinajstić information content (AvgIpc) is 2.76. The van der Waals surface area contributed by atoms with Gasteiger partial charge in [0.2, 0.25) is 5.78 Å². The zero-order valence-electron chi connectivity index (χ0n) is 18.8. The third kappa shape index (κ3) is 6.80. The molecule has 0 spiro atoms. The van der Waals surface area contributed by atoms with E-state index in [1.165, 1.54) is 44.9 Å². The lowest BCUT2D eigenvalue weighted by Crippen LogP contribution is -2.38. The lowest BCUT2D eigenvalue weighted by atomic mass is 9.83. The van der Waals surface area contributed by atoms with Gasteiger partial charge in [-0.05, 0) is 19.4 Å². The standard InChI is InChI=1S/C26H39NO3/c1-3-5-7-8-9-10-11-12-13-18-22(27-19-6-4-2)23-24(28)20-16-14-15-17-21(20)25(29)26(23)30/h14-17,22,27,30H,3-13,18-19H2,1-2H3. The van der Waals surface area contributed by atoms with Crippen LogP contribution < -0.4 is 5.32 Å². The number of carbonyl (C=O) groups is 2. The molecule has 1 atom stereocenters. The summed E-state index contributed by atoms with van der Waals surface area (Å²) >= 11 is 0. The SMILES string of the molecule is CCCCCCCCCCCC(NCCCC)C1=C(O)C(=O)c2ccccc2C1=O. The molecule has 0 radical (unpaired) electrons. The van der Waals surface area contributed by atoms with Gasteiger partial charge in [-0.1, -0.05) is 102 Å². The fraction of sp³-hybridized carbons (Fsp3) is 0.615. The molecule has 1 unspecified atom stereocenters. The number of rotatable bonds is 15. The number of hydrogen-bond donors (Lipinski definition) is 2. The number of benzene rings is 1. The van der Waals surface area contributed by atoms with Crippen molar-refractivity contribution in [2.24, 2.45) is 0 Å². The van der Waals surface area contributed by atoms with E-state index >= 15 is 0 Å². The predicted octanol–water partition coefficient (Wildman–Crippen LogP) is 6.56. The molecule has 1 aliphatic carbocycles. The fourth-order valence-electron chi connectivity index (χ4n) is 4.17. The quantitative estimate of drug-likeness (QED) is 0.320. The van der Waals surface area contributed by atoms with Gasteiger partial charge in [0.1, 0.15) is 0 Å². The van der Waals surface area contributed by atoms with Crippen LogP contribution in [-0.4, -0.2) is 29.3 Å². The molecular weight excluding hydrogens is 374 g/mol. The minimum Gasteiger partial charge on any atom is -0.504 e. The summed E-state index contributed by atoms with van der Waals surface area (Å²) in [5.41, 5.74) is 0.971. The number of nitrogens with one attached hydrogen (secondary N) is 1. The Morgan fingerprint density at radius 1 is 0.767 bits per heavy atom. The van der Waals surface area contributed by atoms with Crippen LogP contribution in [0, 0.1) is 0 Å². The Morgan fingerprint density at radius 3 is 1.90 bits per heavy atom. The molecule has 4 nitrogen and oxygen atoms in total. The maximum atomic E-state index is 13.1. The maximum absolute atomic E-state index is 13.1. The number of hydrogen-bond acceptors (Lipinski definition) is 4. The third-order valence-electron chi connectivity index (χ3n) is 6.00. The van der Waals surface area contributed by atoms with E-state index in [9.17, 15) is 14.7 Å². The van der Waals surface area contributed by atoms with Gasteiger partial charge >= 0.3 is 0 Å². The fourth-order valence-corrected chi connectivity index (χ4v) is 4.17. The van der Waals surface area contributed by atoms with Gasteiger partial charge in [0, 0.05) is 17.2 Å². The van der Waals surface area contributed by atoms with Crippen molar-refractivity contribution in [3.8, 4) is 0 Å². The maximum Gasteiger partial charge on any atom is 0.228 e. The van der Waals surface area contributed by atoms with E-state index in [2.05, 4.69) is 19.2 Å². The Balaban J connectivity index is 1.96. The number of unbranched alkanes of at least 4 members (excludes halogenated alkanes) is 9. The average molecular weight is 414 g/mol. The van der Waals surface area contributed by atoms with Gasteiger partial charge in [-0.2, -0.15) is 0 Å². The Kier molecular flexibility index (Phi) is 10.9. The molecule has 0 amide bonds. The molecule has 0 fully saturated rings.